The van der Waals surface area contributed by atoms with Crippen molar-refractivity contribution in [2.45, 2.75) is 57.6 Å². The molecule has 25 heavy (non-hydrogen) atoms. The molecular formula is C18H28N2O4Si. The van der Waals surface area contributed by atoms with E-state index in [1.54, 1.807) is 4.57 Å². The minimum Gasteiger partial charge on any atom is -0.445 e. The largest absolute Gasteiger partial charge is 0.445 e. The van der Waals surface area contributed by atoms with Gasteiger partial charge < -0.3 is 19.7 Å². The molecule has 1 aliphatic heterocycles. The molecule has 2 N–H and O–H groups in total. The van der Waals surface area contributed by atoms with E-state index >= 15 is 0 Å². The summed E-state index contributed by atoms with van der Waals surface area (Å²) in [6.07, 6.45) is -0.643. The number of benzene rings is 1. The first-order valence-electron chi connectivity index (χ1n) is 8.51. The maximum Gasteiger partial charge on any atom is 0.408 e. The minimum absolute atomic E-state index is 0.0329. The van der Waals surface area contributed by atoms with E-state index in [1.807, 2.05) is 30.3 Å². The number of aliphatic hydroxyl groups is 1. The number of nitrogens with zero attached hydrogens (tertiary/aromatic N) is 1. The topological polar surface area (TPSA) is 78.9 Å². The summed E-state index contributed by atoms with van der Waals surface area (Å²) in [5.74, 6) is -0.137. The Morgan fingerprint density at radius 1 is 1.28 bits per heavy atom. The highest BCUT2D eigenvalue weighted by Crippen LogP contribution is 2.42. The van der Waals surface area contributed by atoms with Crippen molar-refractivity contribution in [2.75, 3.05) is 6.61 Å². The Balaban J connectivity index is 1.97. The number of carbonyl (C=O) groups is 2. The Bertz CT molecular complexity index is 628. The normalized spacial score (nSPS) is 20.9. The zero-order chi connectivity index (χ0) is 18.8. The predicted molar refractivity (Wildman–Crippen MR) is 98.5 cm³/mol. The van der Waals surface area contributed by atoms with Gasteiger partial charge in [0.05, 0.1) is 12.6 Å². The maximum atomic E-state index is 12.6. The van der Waals surface area contributed by atoms with E-state index in [9.17, 15) is 14.7 Å². The molecule has 0 aromatic heterocycles. The molecule has 2 amide bonds. The van der Waals surface area contributed by atoms with Crippen molar-refractivity contribution < 1.29 is 19.4 Å². The summed E-state index contributed by atoms with van der Waals surface area (Å²) >= 11 is 0. The molecule has 1 aromatic carbocycles. The molecule has 138 valence electrons. The highest BCUT2D eigenvalue weighted by atomic mass is 28.3. The Morgan fingerprint density at radius 2 is 1.88 bits per heavy atom. The van der Waals surface area contributed by atoms with Gasteiger partial charge in [-0.3, -0.25) is 4.79 Å². The number of rotatable bonds is 5. The van der Waals surface area contributed by atoms with E-state index in [-0.39, 0.29) is 24.2 Å². The first kappa shape index (κ1) is 19.5. The second kappa shape index (κ2) is 7.17. The second-order valence-electron chi connectivity index (χ2n) is 7.95. The number of alkyl carbamates (subject to hydrolysis) is 1. The van der Waals surface area contributed by atoms with Gasteiger partial charge in [0, 0.05) is 0 Å². The molecule has 6 nitrogen and oxygen atoms in total. The van der Waals surface area contributed by atoms with Crippen molar-refractivity contribution in [3.8, 4) is 0 Å². The van der Waals surface area contributed by atoms with Crippen LogP contribution in [0.4, 0.5) is 4.79 Å². The number of hydrogen-bond donors (Lipinski definition) is 2. The zero-order valence-electron chi connectivity index (χ0n) is 15.6. The molecule has 1 aliphatic rings. The molecule has 7 heteroatoms. The molecule has 1 aromatic rings. The van der Waals surface area contributed by atoms with E-state index in [0.29, 0.717) is 0 Å². The van der Waals surface area contributed by atoms with Crippen LogP contribution in [0.5, 0.6) is 0 Å². The first-order chi connectivity index (χ1) is 11.6. The molecule has 1 heterocycles. The molecule has 0 radical (unpaired) electrons. The van der Waals surface area contributed by atoms with E-state index in [4.69, 9.17) is 4.74 Å². The quantitative estimate of drug-likeness (QED) is 0.621. The summed E-state index contributed by atoms with van der Waals surface area (Å²) in [6, 6.07) is 8.23. The van der Waals surface area contributed by atoms with Gasteiger partial charge in [-0.25, -0.2) is 4.79 Å². The van der Waals surface area contributed by atoms with Gasteiger partial charge in [0.2, 0.25) is 5.91 Å². The molecule has 1 fully saturated rings. The molecule has 0 bridgehead atoms. The summed E-state index contributed by atoms with van der Waals surface area (Å²) in [6.45, 7) is 10.5. The van der Waals surface area contributed by atoms with Crippen LogP contribution in [0.2, 0.25) is 18.1 Å². The van der Waals surface area contributed by atoms with Crippen LogP contribution in [-0.4, -0.2) is 48.6 Å². The lowest BCUT2D eigenvalue weighted by atomic mass is 10.00. The molecular weight excluding hydrogens is 336 g/mol. The van der Waals surface area contributed by atoms with Crippen molar-refractivity contribution in [3.05, 3.63) is 35.9 Å². The van der Waals surface area contributed by atoms with Crippen LogP contribution in [-0.2, 0) is 16.1 Å². The third-order valence-corrected chi connectivity index (χ3v) is 10.8. The van der Waals surface area contributed by atoms with E-state index in [0.717, 1.165) is 5.56 Å². The summed E-state index contributed by atoms with van der Waals surface area (Å²) < 4.78 is 6.97. The van der Waals surface area contributed by atoms with Crippen molar-refractivity contribution in [2.24, 2.45) is 0 Å². The van der Waals surface area contributed by atoms with Gasteiger partial charge >= 0.3 is 6.09 Å². The van der Waals surface area contributed by atoms with Crippen LogP contribution in [0.15, 0.2) is 30.3 Å². The molecule has 0 aliphatic carbocycles. The first-order valence-corrected chi connectivity index (χ1v) is 11.5. The maximum absolute atomic E-state index is 12.6. The van der Waals surface area contributed by atoms with E-state index in [2.05, 4.69) is 39.2 Å². The summed E-state index contributed by atoms with van der Waals surface area (Å²) in [7, 11) is -2.10. The smallest absolute Gasteiger partial charge is 0.408 e. The monoisotopic (exact) mass is 364 g/mol. The molecule has 2 unspecified atom stereocenters. The molecule has 0 saturated carbocycles. The van der Waals surface area contributed by atoms with Crippen LogP contribution in [0, 0.1) is 0 Å². The summed E-state index contributed by atoms with van der Waals surface area (Å²) in [4.78, 5) is 24.6. The van der Waals surface area contributed by atoms with Gasteiger partial charge in [-0.05, 0) is 10.6 Å². The summed E-state index contributed by atoms with van der Waals surface area (Å²) in [5, 5.41) is 12.3. The molecule has 0 spiro atoms. The van der Waals surface area contributed by atoms with Gasteiger partial charge in [-0.2, -0.15) is 0 Å². The standard InChI is InChI=1S/C18H28N2O4Si/c1-18(2,3)25(4,5)20-14(11-21)15(16(20)22)19-17(23)24-12-13-9-7-6-8-10-13/h6-10,14-15,21H,11-12H2,1-5H3,(H,19,23). The second-order valence-corrected chi connectivity index (χ2v) is 13.1. The molecule has 1 saturated heterocycles. The fourth-order valence-corrected chi connectivity index (χ4v) is 5.31. The van der Waals surface area contributed by atoms with Gasteiger partial charge in [0.1, 0.15) is 12.6 Å². The van der Waals surface area contributed by atoms with Crippen LogP contribution in [0.25, 0.3) is 0 Å². The van der Waals surface area contributed by atoms with Crippen LogP contribution < -0.4 is 5.32 Å². The highest BCUT2D eigenvalue weighted by Gasteiger charge is 2.57. The van der Waals surface area contributed by atoms with Gasteiger partial charge in [0.25, 0.3) is 0 Å². The van der Waals surface area contributed by atoms with Crippen molar-refractivity contribution in [1.29, 1.82) is 0 Å². The number of hydrogen-bond acceptors (Lipinski definition) is 4. The number of carbonyl (C=O) groups excluding carboxylic acids is 2. The minimum atomic E-state index is -2.10. The number of β-lactam (4-membered cyclic amide) rings is 1. The fourth-order valence-electron chi connectivity index (χ4n) is 2.83. The number of nitrogens with one attached hydrogen (secondary N) is 1. The molecule has 2 atom stereocenters. The Hall–Kier alpha value is -1.86. The number of aliphatic hydroxyl groups excluding tert-OH is 1. The fraction of sp³-hybridized carbons (Fsp3) is 0.556. The third-order valence-electron chi connectivity index (χ3n) is 5.33. The van der Waals surface area contributed by atoms with Gasteiger partial charge in [-0.1, -0.05) is 64.2 Å². The summed E-state index contributed by atoms with van der Waals surface area (Å²) in [5.41, 5.74) is 0.874. The number of ether oxygens (including phenoxy) is 1. The third kappa shape index (κ3) is 3.87. The predicted octanol–water partition coefficient (Wildman–Crippen LogP) is 2.49. The van der Waals surface area contributed by atoms with Crippen molar-refractivity contribution in [3.63, 3.8) is 0 Å². The lowest BCUT2D eigenvalue weighted by Crippen LogP contribution is -2.79. The van der Waals surface area contributed by atoms with E-state index in [1.165, 1.54) is 0 Å². The lowest BCUT2D eigenvalue weighted by Gasteiger charge is -2.57. The Morgan fingerprint density at radius 3 is 2.40 bits per heavy atom. The average molecular weight is 365 g/mol. The number of amides is 2. The van der Waals surface area contributed by atoms with Crippen molar-refractivity contribution >= 4 is 20.2 Å². The van der Waals surface area contributed by atoms with Gasteiger partial charge in [-0.15, -0.1) is 0 Å². The zero-order valence-corrected chi connectivity index (χ0v) is 16.6. The van der Waals surface area contributed by atoms with E-state index < -0.39 is 26.4 Å². The molecule has 2 rings (SSSR count). The van der Waals surface area contributed by atoms with Crippen LogP contribution in [0.1, 0.15) is 26.3 Å². The van der Waals surface area contributed by atoms with Crippen molar-refractivity contribution in [1.82, 2.24) is 9.88 Å². The lowest BCUT2D eigenvalue weighted by molar-refractivity contribution is -0.145. The van der Waals surface area contributed by atoms with Gasteiger partial charge in [0.15, 0.2) is 8.24 Å². The van der Waals surface area contributed by atoms with Crippen LogP contribution in [0.3, 0.4) is 0 Å². The Kier molecular flexibility index (Phi) is 5.58. The SMILES string of the molecule is CC(C)(C)[Si](C)(C)N1C(=O)C(NC(=O)OCc2ccccc2)C1CO. The van der Waals surface area contributed by atoms with Crippen LogP contribution >= 0.6 is 0 Å². The average Bonchev–Trinajstić information content (AvgIpc) is 2.54. The Labute approximate surface area is 150 Å². The highest BCUT2D eigenvalue weighted by molar-refractivity contribution is 6.80.